The highest BCUT2D eigenvalue weighted by Gasteiger charge is 2.35. The molecule has 0 spiro atoms. The molecule has 1 aliphatic heterocycles. The molecule has 17 heavy (non-hydrogen) atoms. The molecule has 0 bridgehead atoms. The van der Waals surface area contributed by atoms with Crippen LogP contribution in [0.15, 0.2) is 0 Å². The van der Waals surface area contributed by atoms with Gasteiger partial charge in [-0.15, -0.1) is 0 Å². The molecule has 2 heteroatoms. The summed E-state index contributed by atoms with van der Waals surface area (Å²) in [6, 6.07) is 0.738. The Morgan fingerprint density at radius 2 is 1.94 bits per heavy atom. The molecule has 0 radical (unpaired) electrons. The van der Waals surface area contributed by atoms with E-state index in [1.54, 1.807) is 0 Å². The van der Waals surface area contributed by atoms with Crippen LogP contribution < -0.4 is 0 Å². The minimum absolute atomic E-state index is 0.00299. The molecule has 0 amide bonds. The molecule has 2 fully saturated rings. The normalized spacial score (nSPS) is 30.1. The van der Waals surface area contributed by atoms with Gasteiger partial charge in [-0.3, -0.25) is 4.90 Å². The Balaban J connectivity index is 1.98. The molecule has 2 rings (SSSR count). The van der Waals surface area contributed by atoms with Gasteiger partial charge in [0.25, 0.3) is 0 Å². The van der Waals surface area contributed by atoms with Crippen LogP contribution in [0.2, 0.25) is 0 Å². The summed E-state index contributed by atoms with van der Waals surface area (Å²) in [5, 5.41) is 0. The minimum Gasteiger partial charge on any atom is -0.303 e. The van der Waals surface area contributed by atoms with Crippen molar-refractivity contribution in [3.63, 3.8) is 0 Å². The molecule has 98 valence electrons. The highest BCUT2D eigenvalue weighted by Crippen LogP contribution is 2.36. The summed E-state index contributed by atoms with van der Waals surface area (Å²) in [5.41, 5.74) is 0.00299. The van der Waals surface area contributed by atoms with Crippen molar-refractivity contribution < 1.29 is 4.79 Å². The van der Waals surface area contributed by atoms with Gasteiger partial charge in [-0.2, -0.15) is 0 Å². The molecule has 1 saturated heterocycles. The first-order valence-corrected chi connectivity index (χ1v) is 7.50. The van der Waals surface area contributed by atoms with Crippen molar-refractivity contribution in [1.29, 1.82) is 0 Å². The van der Waals surface area contributed by atoms with Gasteiger partial charge in [0.2, 0.25) is 0 Å². The topological polar surface area (TPSA) is 20.3 Å². The lowest BCUT2D eigenvalue weighted by molar-refractivity contribution is -0.119. The van der Waals surface area contributed by atoms with Gasteiger partial charge in [0.05, 0.1) is 0 Å². The summed E-state index contributed by atoms with van der Waals surface area (Å²) in [5.74, 6) is 0. The molecular weight excluding hydrogens is 210 g/mol. The largest absolute Gasteiger partial charge is 0.303 e. The van der Waals surface area contributed by atoms with E-state index in [9.17, 15) is 4.79 Å². The van der Waals surface area contributed by atoms with Crippen LogP contribution in [0.5, 0.6) is 0 Å². The fraction of sp³-hybridized carbons (Fsp3) is 0.933. The van der Waals surface area contributed by atoms with Crippen LogP contribution >= 0.6 is 0 Å². The number of piperidine rings is 1. The van der Waals surface area contributed by atoms with E-state index in [2.05, 4.69) is 11.8 Å². The van der Waals surface area contributed by atoms with E-state index in [1.165, 1.54) is 57.8 Å². The van der Waals surface area contributed by atoms with Gasteiger partial charge in [0.15, 0.2) is 0 Å². The van der Waals surface area contributed by atoms with Crippen LogP contribution in [-0.2, 0) is 4.79 Å². The third kappa shape index (κ3) is 3.09. The van der Waals surface area contributed by atoms with E-state index in [-0.39, 0.29) is 5.41 Å². The predicted octanol–water partition coefficient (Wildman–Crippen LogP) is 3.40. The van der Waals surface area contributed by atoms with Gasteiger partial charge in [-0.05, 0) is 38.6 Å². The molecule has 1 saturated carbocycles. The van der Waals surface area contributed by atoms with Gasteiger partial charge in [-0.1, -0.05) is 32.6 Å². The summed E-state index contributed by atoms with van der Waals surface area (Å²) in [6.45, 7) is 4.54. The van der Waals surface area contributed by atoms with Gasteiger partial charge in [0, 0.05) is 18.0 Å². The number of hydrogen-bond acceptors (Lipinski definition) is 2. The van der Waals surface area contributed by atoms with E-state index in [1.807, 2.05) is 0 Å². The minimum atomic E-state index is 0.00299. The monoisotopic (exact) mass is 237 g/mol. The Bertz CT molecular complexity index is 245. The zero-order chi connectivity index (χ0) is 12.1. The average Bonchev–Trinajstić information content (AvgIpc) is 2.40. The summed E-state index contributed by atoms with van der Waals surface area (Å²) >= 11 is 0. The van der Waals surface area contributed by atoms with Crippen molar-refractivity contribution in [2.24, 2.45) is 5.41 Å². The van der Waals surface area contributed by atoms with Gasteiger partial charge in [-0.25, -0.2) is 0 Å². The van der Waals surface area contributed by atoms with Crippen LogP contribution in [0, 0.1) is 5.41 Å². The second-order valence-corrected chi connectivity index (χ2v) is 6.07. The zero-order valence-corrected chi connectivity index (χ0v) is 11.3. The quantitative estimate of drug-likeness (QED) is 0.698. The highest BCUT2D eigenvalue weighted by molar-refractivity contribution is 5.60. The van der Waals surface area contributed by atoms with E-state index >= 15 is 0 Å². The molecule has 1 unspecified atom stereocenters. The first kappa shape index (κ1) is 13.1. The number of aldehydes is 1. The maximum atomic E-state index is 11.5. The molecular formula is C15H27NO. The Hall–Kier alpha value is -0.370. The summed E-state index contributed by atoms with van der Waals surface area (Å²) < 4.78 is 0. The van der Waals surface area contributed by atoms with E-state index in [4.69, 9.17) is 0 Å². The number of likely N-dealkylation sites (tertiary alicyclic amines) is 1. The lowest BCUT2D eigenvalue weighted by atomic mass is 9.74. The third-order valence-corrected chi connectivity index (χ3v) is 4.84. The smallest absolute Gasteiger partial charge is 0.127 e. The fourth-order valence-corrected chi connectivity index (χ4v) is 3.70. The zero-order valence-electron chi connectivity index (χ0n) is 11.3. The van der Waals surface area contributed by atoms with Gasteiger partial charge >= 0.3 is 0 Å². The highest BCUT2D eigenvalue weighted by atomic mass is 16.1. The van der Waals surface area contributed by atoms with E-state index in [0.717, 1.165) is 25.4 Å². The standard InChI is InChI=1S/C15H27NO/c1-2-14-8-4-7-11-16(14)12-15(13-17)9-5-3-6-10-15/h13-14H,2-12H2,1H3. The fourth-order valence-electron chi connectivity index (χ4n) is 3.70. The second kappa shape index (κ2) is 5.99. The van der Waals surface area contributed by atoms with Crippen LogP contribution in [0.4, 0.5) is 0 Å². The van der Waals surface area contributed by atoms with Gasteiger partial charge < -0.3 is 4.79 Å². The summed E-state index contributed by atoms with van der Waals surface area (Å²) in [7, 11) is 0. The Morgan fingerprint density at radius 3 is 2.59 bits per heavy atom. The lowest BCUT2D eigenvalue weighted by Crippen LogP contribution is -2.47. The first-order chi connectivity index (χ1) is 8.29. The molecule has 2 aliphatic rings. The molecule has 1 aliphatic carbocycles. The van der Waals surface area contributed by atoms with Crippen molar-refractivity contribution in [1.82, 2.24) is 4.90 Å². The SMILES string of the molecule is CCC1CCCCN1CC1(C=O)CCCCC1. The molecule has 2 nitrogen and oxygen atoms in total. The first-order valence-electron chi connectivity index (χ1n) is 7.50. The molecule has 0 N–H and O–H groups in total. The van der Waals surface area contributed by atoms with Crippen LogP contribution in [-0.4, -0.2) is 30.3 Å². The van der Waals surface area contributed by atoms with E-state index < -0.39 is 0 Å². The molecule has 1 heterocycles. The Morgan fingerprint density at radius 1 is 1.18 bits per heavy atom. The molecule has 1 atom stereocenters. The summed E-state index contributed by atoms with van der Waals surface area (Å²) in [6.07, 6.45) is 12.7. The predicted molar refractivity (Wildman–Crippen MR) is 71.1 cm³/mol. The van der Waals surface area contributed by atoms with Crippen molar-refractivity contribution in [2.45, 2.75) is 70.8 Å². The van der Waals surface area contributed by atoms with Crippen LogP contribution in [0.1, 0.15) is 64.7 Å². The summed E-state index contributed by atoms with van der Waals surface area (Å²) in [4.78, 5) is 14.1. The van der Waals surface area contributed by atoms with Crippen molar-refractivity contribution in [3.05, 3.63) is 0 Å². The second-order valence-electron chi connectivity index (χ2n) is 6.07. The third-order valence-electron chi connectivity index (χ3n) is 4.84. The van der Waals surface area contributed by atoms with Crippen LogP contribution in [0.3, 0.4) is 0 Å². The number of hydrogen-bond donors (Lipinski definition) is 0. The maximum Gasteiger partial charge on any atom is 0.127 e. The van der Waals surface area contributed by atoms with Gasteiger partial charge in [0.1, 0.15) is 6.29 Å². The van der Waals surface area contributed by atoms with Crippen molar-refractivity contribution in [3.8, 4) is 0 Å². The van der Waals surface area contributed by atoms with Crippen molar-refractivity contribution >= 4 is 6.29 Å². The maximum absolute atomic E-state index is 11.5. The average molecular weight is 237 g/mol. The molecule has 0 aromatic rings. The van der Waals surface area contributed by atoms with E-state index in [0.29, 0.717) is 0 Å². The van der Waals surface area contributed by atoms with Crippen LogP contribution in [0.25, 0.3) is 0 Å². The number of carbonyl (C=O) groups excluding carboxylic acids is 1. The number of rotatable bonds is 4. The Labute approximate surface area is 106 Å². The molecule has 0 aromatic heterocycles. The number of carbonyl (C=O) groups is 1. The Kier molecular flexibility index (Phi) is 4.61. The van der Waals surface area contributed by atoms with Crippen molar-refractivity contribution in [2.75, 3.05) is 13.1 Å². The number of nitrogens with zero attached hydrogens (tertiary/aromatic N) is 1. The lowest BCUT2D eigenvalue weighted by Gasteiger charge is -2.42. The molecule has 0 aromatic carbocycles.